The van der Waals surface area contributed by atoms with Gasteiger partial charge >= 0.3 is 0 Å². The van der Waals surface area contributed by atoms with Crippen LogP contribution in [-0.4, -0.2) is 9.78 Å². The number of halogens is 2. The lowest BCUT2D eigenvalue weighted by molar-refractivity contribution is 0.616. The van der Waals surface area contributed by atoms with Gasteiger partial charge in [0.25, 0.3) is 5.56 Å². The molecule has 4 nitrogen and oxygen atoms in total. The van der Waals surface area contributed by atoms with Gasteiger partial charge in [-0.25, -0.2) is 4.68 Å². The second kappa shape index (κ2) is 6.21. The quantitative estimate of drug-likeness (QED) is 0.927. The molecule has 1 heterocycles. The molecule has 100 valence electrons. The summed E-state index contributed by atoms with van der Waals surface area (Å²) in [5, 5.41) is 7.33. The Kier molecular flexibility index (Phi) is 4.61. The molecule has 1 aromatic heterocycles. The predicted molar refractivity (Wildman–Crippen MR) is 80.6 cm³/mol. The zero-order valence-electron chi connectivity index (χ0n) is 10.4. The van der Waals surface area contributed by atoms with Crippen molar-refractivity contribution in [3.63, 3.8) is 0 Å². The first-order valence-corrected chi connectivity index (χ1v) is 7.03. The van der Waals surface area contributed by atoms with Crippen LogP contribution >= 0.6 is 27.5 Å². The van der Waals surface area contributed by atoms with Crippen molar-refractivity contribution in [2.24, 2.45) is 0 Å². The van der Waals surface area contributed by atoms with E-state index in [-0.39, 0.29) is 10.6 Å². The fraction of sp³-hybridized carbons (Fsp3) is 0.231. The van der Waals surface area contributed by atoms with Gasteiger partial charge in [0.1, 0.15) is 5.02 Å². The third-order valence-electron chi connectivity index (χ3n) is 2.66. The molecule has 0 spiro atoms. The summed E-state index contributed by atoms with van der Waals surface area (Å²) in [6, 6.07) is 7.91. The van der Waals surface area contributed by atoms with Gasteiger partial charge in [-0.2, -0.15) is 5.10 Å². The summed E-state index contributed by atoms with van der Waals surface area (Å²) >= 11 is 9.44. The average Bonchev–Trinajstić information content (AvgIpc) is 2.41. The normalized spacial score (nSPS) is 10.5. The van der Waals surface area contributed by atoms with Crippen molar-refractivity contribution in [3.05, 3.63) is 55.9 Å². The lowest BCUT2D eigenvalue weighted by atomic mass is 10.2. The number of nitrogens with zero attached hydrogens (tertiary/aromatic N) is 2. The van der Waals surface area contributed by atoms with Gasteiger partial charge in [-0.3, -0.25) is 4.79 Å². The molecule has 0 aliphatic rings. The Balaban J connectivity index is 2.16. The van der Waals surface area contributed by atoms with Crippen LogP contribution in [0.5, 0.6) is 0 Å². The van der Waals surface area contributed by atoms with Crippen molar-refractivity contribution < 1.29 is 0 Å². The lowest BCUT2D eigenvalue weighted by Gasteiger charge is -2.09. The van der Waals surface area contributed by atoms with Crippen molar-refractivity contribution >= 4 is 33.2 Å². The Morgan fingerprint density at radius 2 is 2.26 bits per heavy atom. The molecular formula is C13H13BrClN3O. The van der Waals surface area contributed by atoms with Gasteiger partial charge in [-0.05, 0) is 24.6 Å². The van der Waals surface area contributed by atoms with E-state index in [2.05, 4.69) is 26.3 Å². The van der Waals surface area contributed by atoms with Crippen molar-refractivity contribution in [3.8, 4) is 0 Å². The number of hydrogen-bond acceptors (Lipinski definition) is 3. The van der Waals surface area contributed by atoms with Crippen LogP contribution in [0.1, 0.15) is 12.5 Å². The minimum atomic E-state index is -0.275. The van der Waals surface area contributed by atoms with Gasteiger partial charge < -0.3 is 5.32 Å². The summed E-state index contributed by atoms with van der Waals surface area (Å²) in [4.78, 5) is 11.8. The first kappa shape index (κ1) is 14.1. The molecule has 2 aromatic rings. The number of anilines is 1. The highest BCUT2D eigenvalue weighted by Crippen LogP contribution is 2.17. The van der Waals surface area contributed by atoms with E-state index >= 15 is 0 Å². The highest BCUT2D eigenvalue weighted by molar-refractivity contribution is 9.10. The molecule has 0 atom stereocenters. The van der Waals surface area contributed by atoms with E-state index < -0.39 is 0 Å². The molecule has 19 heavy (non-hydrogen) atoms. The Morgan fingerprint density at radius 1 is 1.47 bits per heavy atom. The van der Waals surface area contributed by atoms with E-state index in [1.165, 1.54) is 4.68 Å². The van der Waals surface area contributed by atoms with E-state index in [1.54, 1.807) is 6.20 Å². The van der Waals surface area contributed by atoms with Crippen LogP contribution < -0.4 is 10.9 Å². The Morgan fingerprint density at radius 3 is 2.95 bits per heavy atom. The molecule has 0 saturated carbocycles. The van der Waals surface area contributed by atoms with Gasteiger partial charge in [0.2, 0.25) is 0 Å². The first-order valence-electron chi connectivity index (χ1n) is 5.85. The molecule has 2 rings (SSSR count). The van der Waals surface area contributed by atoms with Crippen LogP contribution in [0.4, 0.5) is 5.69 Å². The molecule has 0 radical (unpaired) electrons. The maximum atomic E-state index is 11.8. The van der Waals surface area contributed by atoms with Gasteiger partial charge in [0.15, 0.2) is 0 Å². The number of rotatable bonds is 4. The lowest BCUT2D eigenvalue weighted by Crippen LogP contribution is -2.23. The minimum absolute atomic E-state index is 0.173. The highest BCUT2D eigenvalue weighted by Gasteiger charge is 2.07. The van der Waals surface area contributed by atoms with Gasteiger partial charge in [0.05, 0.1) is 11.9 Å². The molecular weight excluding hydrogens is 330 g/mol. The Bertz CT molecular complexity index is 642. The van der Waals surface area contributed by atoms with Crippen LogP contribution in [0.2, 0.25) is 5.02 Å². The minimum Gasteiger partial charge on any atom is -0.378 e. The standard InChI is InChI=1S/C13H13BrClN3O/c1-2-18-13(19)12(15)11(8-17-18)16-7-9-4-3-5-10(14)6-9/h3-6,8,16H,2,7H2,1H3. The molecule has 0 fully saturated rings. The summed E-state index contributed by atoms with van der Waals surface area (Å²) in [5.41, 5.74) is 1.37. The van der Waals surface area contributed by atoms with E-state index in [0.29, 0.717) is 18.8 Å². The Hall–Kier alpha value is -1.33. The molecule has 0 unspecified atom stereocenters. The number of hydrogen-bond donors (Lipinski definition) is 1. The zero-order chi connectivity index (χ0) is 13.8. The van der Waals surface area contributed by atoms with Crippen LogP contribution in [-0.2, 0) is 13.1 Å². The fourth-order valence-electron chi connectivity index (χ4n) is 1.66. The molecule has 6 heteroatoms. The van der Waals surface area contributed by atoms with Crippen molar-refractivity contribution in [1.29, 1.82) is 0 Å². The zero-order valence-corrected chi connectivity index (χ0v) is 12.7. The third kappa shape index (κ3) is 3.36. The van der Waals surface area contributed by atoms with Gasteiger partial charge in [0, 0.05) is 17.6 Å². The number of aryl methyl sites for hydroxylation is 1. The summed E-state index contributed by atoms with van der Waals surface area (Å²) in [6.45, 7) is 2.93. The smallest absolute Gasteiger partial charge is 0.287 e. The van der Waals surface area contributed by atoms with E-state index in [0.717, 1.165) is 10.0 Å². The average molecular weight is 343 g/mol. The predicted octanol–water partition coefficient (Wildman–Crippen LogP) is 3.29. The van der Waals surface area contributed by atoms with Crippen molar-refractivity contribution in [1.82, 2.24) is 9.78 Å². The van der Waals surface area contributed by atoms with Crippen LogP contribution in [0, 0.1) is 0 Å². The maximum absolute atomic E-state index is 11.8. The molecule has 1 aromatic carbocycles. The number of benzene rings is 1. The second-order valence-electron chi connectivity index (χ2n) is 3.98. The fourth-order valence-corrected chi connectivity index (χ4v) is 2.32. The molecule has 0 aliphatic heterocycles. The first-order chi connectivity index (χ1) is 9.11. The third-order valence-corrected chi connectivity index (χ3v) is 3.51. The van der Waals surface area contributed by atoms with Crippen LogP contribution in [0.15, 0.2) is 39.7 Å². The summed E-state index contributed by atoms with van der Waals surface area (Å²) in [6.07, 6.45) is 1.57. The van der Waals surface area contributed by atoms with Crippen LogP contribution in [0.3, 0.4) is 0 Å². The maximum Gasteiger partial charge on any atom is 0.287 e. The summed E-state index contributed by atoms with van der Waals surface area (Å²) < 4.78 is 2.34. The van der Waals surface area contributed by atoms with Crippen LogP contribution in [0.25, 0.3) is 0 Å². The molecule has 0 amide bonds. The van der Waals surface area contributed by atoms with Gasteiger partial charge in [-0.1, -0.05) is 39.7 Å². The summed E-state index contributed by atoms with van der Waals surface area (Å²) in [5.74, 6) is 0. The Labute approximate surface area is 124 Å². The molecule has 1 N–H and O–H groups in total. The molecule has 0 bridgehead atoms. The highest BCUT2D eigenvalue weighted by atomic mass is 79.9. The van der Waals surface area contributed by atoms with Crippen molar-refractivity contribution in [2.45, 2.75) is 20.0 Å². The SMILES string of the molecule is CCn1ncc(NCc2cccc(Br)c2)c(Cl)c1=O. The van der Waals surface area contributed by atoms with E-state index in [4.69, 9.17) is 11.6 Å². The topological polar surface area (TPSA) is 46.9 Å². The van der Waals surface area contributed by atoms with E-state index in [9.17, 15) is 4.79 Å². The van der Waals surface area contributed by atoms with Gasteiger partial charge in [-0.15, -0.1) is 0 Å². The van der Waals surface area contributed by atoms with Crippen molar-refractivity contribution in [2.75, 3.05) is 5.32 Å². The molecule has 0 aliphatic carbocycles. The monoisotopic (exact) mass is 341 g/mol. The second-order valence-corrected chi connectivity index (χ2v) is 5.27. The number of aromatic nitrogens is 2. The van der Waals surface area contributed by atoms with E-state index in [1.807, 2.05) is 31.2 Å². The number of nitrogens with one attached hydrogen (secondary N) is 1. The largest absolute Gasteiger partial charge is 0.378 e. The summed E-state index contributed by atoms with van der Waals surface area (Å²) in [7, 11) is 0. The molecule has 0 saturated heterocycles.